The van der Waals surface area contributed by atoms with Crippen molar-refractivity contribution in [1.82, 2.24) is 14.8 Å². The van der Waals surface area contributed by atoms with Crippen molar-refractivity contribution < 1.29 is 31.9 Å². The Morgan fingerprint density at radius 1 is 1.07 bits per heavy atom. The van der Waals surface area contributed by atoms with E-state index in [-0.39, 0.29) is 38.7 Å². The molecule has 0 radical (unpaired) electrons. The van der Waals surface area contributed by atoms with Crippen molar-refractivity contribution in [3.05, 3.63) is 94.6 Å². The number of benzene rings is 2. The molecule has 0 unspecified atom stereocenters. The first kappa shape index (κ1) is 28.9. The number of thiophene rings is 1. The van der Waals surface area contributed by atoms with Gasteiger partial charge >= 0.3 is 6.18 Å². The first-order valence-corrected chi connectivity index (χ1v) is 14.2. The normalized spacial score (nSPS) is 11.8. The molecule has 13 heteroatoms. The van der Waals surface area contributed by atoms with Crippen LogP contribution in [0.1, 0.15) is 44.3 Å². The lowest BCUT2D eigenvalue weighted by atomic mass is 10.0. The van der Waals surface area contributed by atoms with E-state index >= 15 is 0 Å². The van der Waals surface area contributed by atoms with E-state index in [9.17, 15) is 22.8 Å². The number of aryl methyl sites for hydroxylation is 1. The number of rotatable bonds is 8. The van der Waals surface area contributed by atoms with Crippen LogP contribution in [0, 0.1) is 6.92 Å². The lowest BCUT2D eigenvalue weighted by molar-refractivity contribution is -0.140. The van der Waals surface area contributed by atoms with Gasteiger partial charge in [-0.2, -0.15) is 18.3 Å². The van der Waals surface area contributed by atoms with Crippen molar-refractivity contribution in [3.63, 3.8) is 0 Å². The number of furan rings is 1. The number of nitrogens with two attached hydrogens (primary N) is 1. The molecule has 0 saturated carbocycles. The standard InChI is InChI=1S/C31H24F3N5O4S/c1-3-39-16(2)22(14-36-39)21-13-24(31(32,33)34)37-30-25(21)26(27(44-30)28(35)40)38-29(41)23-11-10-20(43-23)15-42-19-9-8-17-6-4-5-7-18(17)12-19/h4-14H,3,15H2,1-2H3,(H2,35,40)(H,38,41). The van der Waals surface area contributed by atoms with Crippen LogP contribution in [0.25, 0.3) is 32.1 Å². The highest BCUT2D eigenvalue weighted by Crippen LogP contribution is 2.44. The predicted octanol–water partition coefficient (Wildman–Crippen LogP) is 7.18. The highest BCUT2D eigenvalue weighted by Gasteiger charge is 2.35. The van der Waals surface area contributed by atoms with E-state index < -0.39 is 23.7 Å². The summed E-state index contributed by atoms with van der Waals surface area (Å²) in [5.74, 6) is -0.813. The molecule has 0 bridgehead atoms. The summed E-state index contributed by atoms with van der Waals surface area (Å²) in [4.78, 5) is 29.3. The molecule has 0 aliphatic carbocycles. The van der Waals surface area contributed by atoms with Gasteiger partial charge in [0.05, 0.1) is 11.9 Å². The second-order valence-electron chi connectivity index (χ2n) is 9.88. The lowest BCUT2D eigenvalue weighted by Crippen LogP contribution is -2.16. The maximum Gasteiger partial charge on any atom is 0.433 e. The van der Waals surface area contributed by atoms with E-state index in [4.69, 9.17) is 14.9 Å². The number of alkyl halides is 3. The van der Waals surface area contributed by atoms with Crippen LogP contribution in [0.4, 0.5) is 18.9 Å². The van der Waals surface area contributed by atoms with Crippen molar-refractivity contribution in [3.8, 4) is 16.9 Å². The maximum absolute atomic E-state index is 13.9. The molecule has 0 atom stereocenters. The number of anilines is 1. The Bertz CT molecular complexity index is 2060. The molecule has 0 spiro atoms. The number of ether oxygens (including phenoxy) is 1. The first-order chi connectivity index (χ1) is 21.0. The molecular weight excluding hydrogens is 595 g/mol. The quantitative estimate of drug-likeness (QED) is 0.186. The second-order valence-corrected chi connectivity index (χ2v) is 10.9. The van der Waals surface area contributed by atoms with Gasteiger partial charge in [0.15, 0.2) is 5.76 Å². The van der Waals surface area contributed by atoms with E-state index in [0.29, 0.717) is 40.6 Å². The van der Waals surface area contributed by atoms with Crippen LogP contribution >= 0.6 is 11.3 Å². The number of amides is 2. The van der Waals surface area contributed by atoms with Gasteiger partial charge in [-0.1, -0.05) is 30.3 Å². The third-order valence-electron chi connectivity index (χ3n) is 7.10. The van der Waals surface area contributed by atoms with E-state index in [2.05, 4.69) is 15.4 Å². The second kappa shape index (κ2) is 11.2. The van der Waals surface area contributed by atoms with Crippen LogP contribution in [-0.4, -0.2) is 26.6 Å². The number of pyridine rings is 1. The van der Waals surface area contributed by atoms with Crippen LogP contribution in [-0.2, 0) is 19.3 Å². The SMILES string of the molecule is CCn1ncc(-c2cc(C(F)(F)F)nc3sc(C(N)=O)c(NC(=O)c4ccc(COc5ccc6ccccc6c5)o4)c23)c1C. The van der Waals surface area contributed by atoms with Crippen LogP contribution in [0.3, 0.4) is 0 Å². The highest BCUT2D eigenvalue weighted by atomic mass is 32.1. The van der Waals surface area contributed by atoms with E-state index in [1.54, 1.807) is 17.7 Å². The number of fused-ring (bicyclic) bond motifs is 2. The maximum atomic E-state index is 13.9. The molecule has 4 heterocycles. The third-order valence-corrected chi connectivity index (χ3v) is 8.19. The molecule has 0 aliphatic rings. The summed E-state index contributed by atoms with van der Waals surface area (Å²) >= 11 is 0.660. The van der Waals surface area contributed by atoms with Crippen molar-refractivity contribution in [2.45, 2.75) is 33.2 Å². The van der Waals surface area contributed by atoms with Crippen molar-refractivity contribution in [2.24, 2.45) is 5.73 Å². The third kappa shape index (κ3) is 5.37. The van der Waals surface area contributed by atoms with Gasteiger partial charge in [-0.05, 0) is 60.5 Å². The number of aromatic nitrogens is 3. The molecule has 2 amide bonds. The molecule has 44 heavy (non-hydrogen) atoms. The predicted molar refractivity (Wildman–Crippen MR) is 160 cm³/mol. The zero-order valence-electron chi connectivity index (χ0n) is 23.4. The molecule has 4 aromatic heterocycles. The number of carbonyl (C=O) groups excluding carboxylic acids is 2. The smallest absolute Gasteiger partial charge is 0.433 e. The molecule has 224 valence electrons. The largest absolute Gasteiger partial charge is 0.486 e. The minimum Gasteiger partial charge on any atom is -0.486 e. The van der Waals surface area contributed by atoms with E-state index in [1.807, 2.05) is 49.4 Å². The monoisotopic (exact) mass is 619 g/mol. The molecule has 0 aliphatic heterocycles. The van der Waals surface area contributed by atoms with Gasteiger partial charge in [0.1, 0.15) is 33.5 Å². The first-order valence-electron chi connectivity index (χ1n) is 13.4. The Morgan fingerprint density at radius 3 is 2.55 bits per heavy atom. The summed E-state index contributed by atoms with van der Waals surface area (Å²) in [6, 6.07) is 17.4. The minimum atomic E-state index is -4.77. The van der Waals surface area contributed by atoms with Gasteiger partial charge in [-0.25, -0.2) is 4.98 Å². The van der Waals surface area contributed by atoms with Gasteiger partial charge < -0.3 is 20.2 Å². The Hall–Kier alpha value is -5.17. The summed E-state index contributed by atoms with van der Waals surface area (Å²) in [5.41, 5.74) is 5.48. The number of halogens is 3. The topological polar surface area (TPSA) is 125 Å². The van der Waals surface area contributed by atoms with E-state index in [1.165, 1.54) is 12.3 Å². The fourth-order valence-electron chi connectivity index (χ4n) is 4.94. The molecular formula is C31H24F3N5O4S. The van der Waals surface area contributed by atoms with Crippen LogP contribution in [0.5, 0.6) is 5.75 Å². The molecule has 0 fully saturated rings. The summed E-state index contributed by atoms with van der Waals surface area (Å²) in [7, 11) is 0. The Kier molecular flexibility index (Phi) is 7.33. The van der Waals surface area contributed by atoms with Crippen LogP contribution in [0.15, 0.2) is 71.3 Å². The molecule has 9 nitrogen and oxygen atoms in total. The average molecular weight is 620 g/mol. The van der Waals surface area contributed by atoms with Crippen LogP contribution < -0.4 is 15.8 Å². The molecule has 6 rings (SSSR count). The van der Waals surface area contributed by atoms with Gasteiger partial charge in [0.2, 0.25) is 0 Å². The average Bonchev–Trinajstić information content (AvgIpc) is 3.72. The molecule has 6 aromatic rings. The Labute approximate surface area is 252 Å². The Balaban J connectivity index is 1.34. The molecule has 2 aromatic carbocycles. The fourth-order valence-corrected chi connectivity index (χ4v) is 5.95. The van der Waals surface area contributed by atoms with Gasteiger partial charge in [-0.15, -0.1) is 11.3 Å². The van der Waals surface area contributed by atoms with Gasteiger partial charge in [0, 0.05) is 23.2 Å². The zero-order chi connectivity index (χ0) is 31.2. The van der Waals surface area contributed by atoms with Crippen LogP contribution in [0.2, 0.25) is 0 Å². The highest BCUT2D eigenvalue weighted by molar-refractivity contribution is 7.21. The summed E-state index contributed by atoms with van der Waals surface area (Å²) in [5, 5.41) is 9.10. The number of hydrogen-bond donors (Lipinski definition) is 2. The number of primary amides is 1. The van der Waals surface area contributed by atoms with Crippen molar-refractivity contribution >= 4 is 49.8 Å². The minimum absolute atomic E-state index is 0.0362. The number of hydrogen-bond acceptors (Lipinski definition) is 7. The van der Waals surface area contributed by atoms with Gasteiger partial charge in [0.25, 0.3) is 11.8 Å². The van der Waals surface area contributed by atoms with Gasteiger partial charge in [-0.3, -0.25) is 14.3 Å². The van der Waals surface area contributed by atoms with E-state index in [0.717, 1.165) is 16.8 Å². The summed E-state index contributed by atoms with van der Waals surface area (Å²) < 4.78 is 54.7. The molecule has 3 N–H and O–H groups in total. The zero-order valence-corrected chi connectivity index (χ0v) is 24.2. The Morgan fingerprint density at radius 2 is 1.84 bits per heavy atom. The number of carbonyl (C=O) groups is 2. The molecule has 0 saturated heterocycles. The fraction of sp³-hybridized carbons (Fsp3) is 0.161. The van der Waals surface area contributed by atoms with Crippen molar-refractivity contribution in [1.29, 1.82) is 0 Å². The summed E-state index contributed by atoms with van der Waals surface area (Å²) in [6.45, 7) is 4.08. The lowest BCUT2D eigenvalue weighted by Gasteiger charge is -2.12. The number of nitrogens with one attached hydrogen (secondary N) is 1. The summed E-state index contributed by atoms with van der Waals surface area (Å²) in [6.07, 6.45) is -3.33. The number of nitrogens with zero attached hydrogens (tertiary/aromatic N) is 3. The van der Waals surface area contributed by atoms with Crippen molar-refractivity contribution in [2.75, 3.05) is 5.32 Å².